The van der Waals surface area contributed by atoms with Crippen molar-refractivity contribution in [2.45, 2.75) is 26.5 Å². The highest BCUT2D eigenvalue weighted by molar-refractivity contribution is 5.76. The van der Waals surface area contributed by atoms with Gasteiger partial charge in [-0.3, -0.25) is 9.69 Å². The topological polar surface area (TPSA) is 60.2 Å². The van der Waals surface area contributed by atoms with Crippen molar-refractivity contribution >= 4 is 5.97 Å². The number of likely N-dealkylation sites (N-methyl/N-ethyl adjacent to an activating group) is 1. The fourth-order valence-electron chi connectivity index (χ4n) is 1.74. The molecular formula is C11H20N4O2. The maximum atomic E-state index is 11.9. The molecule has 0 aliphatic carbocycles. The van der Waals surface area contributed by atoms with Gasteiger partial charge in [-0.15, -0.1) is 10.2 Å². The maximum Gasteiger partial charge on any atom is 0.324 e. The summed E-state index contributed by atoms with van der Waals surface area (Å²) in [5.41, 5.74) is 0. The lowest BCUT2D eigenvalue weighted by atomic mass is 10.0. The highest BCUT2D eigenvalue weighted by Gasteiger charge is 2.26. The summed E-state index contributed by atoms with van der Waals surface area (Å²) in [4.78, 5) is 13.8. The summed E-state index contributed by atoms with van der Waals surface area (Å²) in [6.45, 7) is 4.15. The van der Waals surface area contributed by atoms with Crippen LogP contribution in [0.5, 0.6) is 0 Å². The molecule has 1 rings (SSSR count). The number of hydrogen-bond acceptors (Lipinski definition) is 5. The third-order valence-electron chi connectivity index (χ3n) is 2.58. The zero-order valence-corrected chi connectivity index (χ0v) is 11.0. The van der Waals surface area contributed by atoms with Gasteiger partial charge in [0, 0.05) is 7.05 Å². The first-order chi connectivity index (χ1) is 7.93. The van der Waals surface area contributed by atoms with Crippen LogP contribution in [-0.4, -0.2) is 45.8 Å². The molecule has 0 radical (unpaired) electrons. The molecule has 17 heavy (non-hydrogen) atoms. The van der Waals surface area contributed by atoms with E-state index in [1.807, 2.05) is 39.9 Å². The minimum absolute atomic E-state index is 0.159. The average molecular weight is 240 g/mol. The molecule has 0 amide bonds. The molecule has 0 aliphatic rings. The molecule has 1 atom stereocenters. The van der Waals surface area contributed by atoms with Crippen molar-refractivity contribution in [2.24, 2.45) is 13.0 Å². The van der Waals surface area contributed by atoms with E-state index in [1.54, 1.807) is 10.9 Å². The molecule has 6 nitrogen and oxygen atoms in total. The molecule has 1 aromatic rings. The molecule has 0 aliphatic heterocycles. The van der Waals surface area contributed by atoms with Crippen molar-refractivity contribution in [2.75, 3.05) is 14.1 Å². The van der Waals surface area contributed by atoms with E-state index < -0.39 is 0 Å². The van der Waals surface area contributed by atoms with Gasteiger partial charge in [0.15, 0.2) is 12.4 Å². The number of esters is 1. The second-order valence-corrected chi connectivity index (χ2v) is 4.62. The zero-order chi connectivity index (χ0) is 13.0. The smallest absolute Gasteiger partial charge is 0.324 e. The molecule has 0 aromatic carbocycles. The van der Waals surface area contributed by atoms with Crippen molar-refractivity contribution < 1.29 is 9.53 Å². The summed E-state index contributed by atoms with van der Waals surface area (Å²) >= 11 is 0. The zero-order valence-electron chi connectivity index (χ0n) is 11.0. The molecule has 0 saturated heterocycles. The third-order valence-corrected chi connectivity index (χ3v) is 2.58. The standard InChI is InChI=1S/C11H20N4O2/c1-8(2)10(14(3)4)11(16)17-6-9-13-12-7-15(9)5/h7-8,10H,6H2,1-5H3/t10-/m0/s1. The molecule has 0 fully saturated rings. The van der Waals surface area contributed by atoms with Gasteiger partial charge in [-0.25, -0.2) is 0 Å². The third kappa shape index (κ3) is 3.52. The minimum Gasteiger partial charge on any atom is -0.456 e. The Morgan fingerprint density at radius 1 is 1.53 bits per heavy atom. The number of nitrogens with zero attached hydrogens (tertiary/aromatic N) is 4. The molecule has 1 aromatic heterocycles. The summed E-state index contributed by atoms with van der Waals surface area (Å²) in [7, 11) is 5.55. The first-order valence-electron chi connectivity index (χ1n) is 5.59. The Labute approximate surface area is 102 Å². The van der Waals surface area contributed by atoms with Gasteiger partial charge in [-0.1, -0.05) is 13.8 Å². The highest BCUT2D eigenvalue weighted by atomic mass is 16.5. The number of hydrogen-bond donors (Lipinski definition) is 0. The number of carbonyl (C=O) groups is 1. The number of ether oxygens (including phenoxy) is 1. The number of rotatable bonds is 5. The summed E-state index contributed by atoms with van der Waals surface area (Å²) in [6, 6.07) is -0.233. The summed E-state index contributed by atoms with van der Waals surface area (Å²) in [6.07, 6.45) is 1.58. The van der Waals surface area contributed by atoms with Crippen LogP contribution in [0.2, 0.25) is 0 Å². The number of aromatic nitrogens is 3. The van der Waals surface area contributed by atoms with Crippen molar-refractivity contribution in [3.8, 4) is 0 Å². The van der Waals surface area contributed by atoms with E-state index in [0.717, 1.165) is 0 Å². The van der Waals surface area contributed by atoms with Crippen LogP contribution in [0.15, 0.2) is 6.33 Å². The van der Waals surface area contributed by atoms with Gasteiger partial charge < -0.3 is 9.30 Å². The van der Waals surface area contributed by atoms with Gasteiger partial charge in [-0.05, 0) is 20.0 Å². The Morgan fingerprint density at radius 3 is 2.59 bits per heavy atom. The van der Waals surface area contributed by atoms with Crippen LogP contribution in [0.25, 0.3) is 0 Å². The van der Waals surface area contributed by atoms with E-state index in [4.69, 9.17) is 4.74 Å². The molecule has 0 bridgehead atoms. The fraction of sp³-hybridized carbons (Fsp3) is 0.727. The van der Waals surface area contributed by atoms with E-state index in [0.29, 0.717) is 5.82 Å². The van der Waals surface area contributed by atoms with Crippen LogP contribution in [0, 0.1) is 5.92 Å². The number of carbonyl (C=O) groups excluding carboxylic acids is 1. The Balaban J connectivity index is 2.57. The van der Waals surface area contributed by atoms with E-state index in [1.165, 1.54) is 0 Å². The summed E-state index contributed by atoms with van der Waals surface area (Å²) < 4.78 is 6.98. The highest BCUT2D eigenvalue weighted by Crippen LogP contribution is 2.10. The van der Waals surface area contributed by atoms with Gasteiger partial charge in [0.1, 0.15) is 12.4 Å². The van der Waals surface area contributed by atoms with E-state index in [9.17, 15) is 4.79 Å². The van der Waals surface area contributed by atoms with Crippen LogP contribution in [0.3, 0.4) is 0 Å². The van der Waals surface area contributed by atoms with Crippen molar-refractivity contribution in [1.82, 2.24) is 19.7 Å². The van der Waals surface area contributed by atoms with Crippen LogP contribution in [0.4, 0.5) is 0 Å². The molecule has 1 heterocycles. The largest absolute Gasteiger partial charge is 0.456 e. The fourth-order valence-corrected chi connectivity index (χ4v) is 1.74. The Bertz CT molecular complexity index is 365. The molecule has 6 heteroatoms. The lowest BCUT2D eigenvalue weighted by Crippen LogP contribution is -2.41. The molecule has 0 N–H and O–H groups in total. The predicted octanol–water partition coefficient (Wildman–Crippen LogP) is 0.445. The van der Waals surface area contributed by atoms with E-state index in [2.05, 4.69) is 10.2 Å². The lowest BCUT2D eigenvalue weighted by molar-refractivity contribution is -0.152. The van der Waals surface area contributed by atoms with E-state index >= 15 is 0 Å². The quantitative estimate of drug-likeness (QED) is 0.699. The normalized spacial score (nSPS) is 13.1. The SMILES string of the molecule is CC(C)[C@@H](C(=O)OCc1nncn1C)N(C)C. The molecular weight excluding hydrogens is 220 g/mol. The van der Waals surface area contributed by atoms with Gasteiger partial charge in [0.05, 0.1) is 0 Å². The average Bonchev–Trinajstić information content (AvgIpc) is 2.59. The van der Waals surface area contributed by atoms with Crippen LogP contribution < -0.4 is 0 Å². The van der Waals surface area contributed by atoms with Crippen molar-refractivity contribution in [3.05, 3.63) is 12.2 Å². The van der Waals surface area contributed by atoms with E-state index in [-0.39, 0.29) is 24.5 Å². The van der Waals surface area contributed by atoms with Crippen molar-refractivity contribution in [3.63, 3.8) is 0 Å². The van der Waals surface area contributed by atoms with Gasteiger partial charge in [-0.2, -0.15) is 0 Å². The minimum atomic E-state index is -0.233. The second-order valence-electron chi connectivity index (χ2n) is 4.62. The first kappa shape index (κ1) is 13.6. The van der Waals surface area contributed by atoms with Crippen molar-refractivity contribution in [1.29, 1.82) is 0 Å². The Morgan fingerprint density at radius 2 is 2.18 bits per heavy atom. The van der Waals surface area contributed by atoms with Gasteiger partial charge in [0.2, 0.25) is 0 Å². The number of aryl methyl sites for hydroxylation is 1. The molecule has 96 valence electrons. The van der Waals surface area contributed by atoms with Gasteiger partial charge >= 0.3 is 5.97 Å². The predicted molar refractivity (Wildman–Crippen MR) is 63.1 cm³/mol. The summed E-state index contributed by atoms with van der Waals surface area (Å²) in [5, 5.41) is 7.58. The molecule has 0 spiro atoms. The maximum absolute atomic E-state index is 11.9. The van der Waals surface area contributed by atoms with Crippen LogP contribution >= 0.6 is 0 Å². The lowest BCUT2D eigenvalue weighted by Gasteiger charge is -2.25. The molecule has 0 unspecified atom stereocenters. The Hall–Kier alpha value is -1.43. The van der Waals surface area contributed by atoms with Crippen LogP contribution in [0.1, 0.15) is 19.7 Å². The molecule has 0 saturated carbocycles. The Kier molecular flexibility index (Phi) is 4.62. The second kappa shape index (κ2) is 5.77. The first-order valence-corrected chi connectivity index (χ1v) is 5.59. The summed E-state index contributed by atoms with van der Waals surface area (Å²) in [5.74, 6) is 0.615. The van der Waals surface area contributed by atoms with Crippen LogP contribution in [-0.2, 0) is 23.2 Å². The monoisotopic (exact) mass is 240 g/mol. The van der Waals surface area contributed by atoms with Gasteiger partial charge in [0.25, 0.3) is 0 Å².